The van der Waals surface area contributed by atoms with E-state index in [9.17, 15) is 0 Å². The molecule has 1 aliphatic carbocycles. The second-order valence-electron chi connectivity index (χ2n) is 3.59. The van der Waals surface area contributed by atoms with Gasteiger partial charge in [0.25, 0.3) is 0 Å². The number of hydrogen-bond acceptors (Lipinski definition) is 0. The summed E-state index contributed by atoms with van der Waals surface area (Å²) in [4.78, 5) is 0. The van der Waals surface area contributed by atoms with E-state index in [2.05, 4.69) is 48.6 Å². The molecule has 76 valence electrons. The van der Waals surface area contributed by atoms with Gasteiger partial charge in [-0.25, -0.2) is 0 Å². The van der Waals surface area contributed by atoms with Gasteiger partial charge in [-0.15, -0.1) is 0 Å². The summed E-state index contributed by atoms with van der Waals surface area (Å²) in [5.74, 6) is 0. The van der Waals surface area contributed by atoms with Crippen molar-refractivity contribution >= 4 is 0 Å². The summed E-state index contributed by atoms with van der Waals surface area (Å²) in [6.45, 7) is 0. The molecular formula is C14H20. The minimum atomic E-state index is 1.04. The molecule has 0 saturated heterocycles. The van der Waals surface area contributed by atoms with E-state index in [1.54, 1.807) is 0 Å². The summed E-state index contributed by atoms with van der Waals surface area (Å²) < 4.78 is 0. The van der Waals surface area contributed by atoms with Gasteiger partial charge in [0.05, 0.1) is 0 Å². The Bertz CT molecular complexity index is 204. The monoisotopic (exact) mass is 188 g/mol. The van der Waals surface area contributed by atoms with E-state index in [-0.39, 0.29) is 0 Å². The molecule has 0 amide bonds. The molecular weight excluding hydrogens is 168 g/mol. The molecule has 1 aliphatic rings. The first-order chi connectivity index (χ1) is 7.00. The molecule has 0 aromatic heterocycles. The molecule has 0 aromatic carbocycles. The predicted octanol–water partition coefficient (Wildman–Crippen LogP) is 4.57. The lowest BCUT2D eigenvalue weighted by atomic mass is 10.1. The maximum atomic E-state index is 2.27. The van der Waals surface area contributed by atoms with E-state index in [1.165, 1.54) is 32.1 Å². The van der Waals surface area contributed by atoms with Crippen molar-refractivity contribution in [3.05, 3.63) is 48.6 Å². The zero-order valence-electron chi connectivity index (χ0n) is 8.86. The largest absolute Gasteiger partial charge is 0.0845 e. The molecule has 0 aromatic rings. The van der Waals surface area contributed by atoms with Gasteiger partial charge < -0.3 is 0 Å². The van der Waals surface area contributed by atoms with Crippen LogP contribution in [0.3, 0.4) is 0 Å². The molecule has 0 fully saturated rings. The molecule has 1 rings (SSSR count). The minimum Gasteiger partial charge on any atom is -0.0845 e. The van der Waals surface area contributed by atoms with Crippen LogP contribution < -0.4 is 0 Å². The molecule has 14 heavy (non-hydrogen) atoms. The fraction of sp³-hybridized carbons (Fsp3) is 0.429. The zero-order chi connectivity index (χ0) is 9.90. The number of allylic oxidation sites excluding steroid dienone is 8. The second-order valence-corrected chi connectivity index (χ2v) is 3.59. The van der Waals surface area contributed by atoms with E-state index in [1.807, 2.05) is 0 Å². The first-order valence-corrected chi connectivity index (χ1v) is 5.63. The lowest BCUT2D eigenvalue weighted by molar-refractivity contribution is 0.696. The Hall–Kier alpha value is -1.04. The first-order valence-electron chi connectivity index (χ1n) is 5.63. The Morgan fingerprint density at radius 3 is 1.57 bits per heavy atom. The average molecular weight is 188 g/mol. The summed E-state index contributed by atoms with van der Waals surface area (Å²) >= 11 is 0. The summed E-state index contributed by atoms with van der Waals surface area (Å²) in [6.07, 6.45) is 25.0. The third kappa shape index (κ3) is 6.47. The Labute approximate surface area is 87.7 Å². The van der Waals surface area contributed by atoms with Crippen molar-refractivity contribution in [3.8, 4) is 0 Å². The van der Waals surface area contributed by atoms with Gasteiger partial charge in [0.2, 0.25) is 0 Å². The van der Waals surface area contributed by atoms with Crippen LogP contribution in [-0.2, 0) is 0 Å². The van der Waals surface area contributed by atoms with E-state index >= 15 is 0 Å². The summed E-state index contributed by atoms with van der Waals surface area (Å²) in [5, 5.41) is 0. The smallest absolute Gasteiger partial charge is 0.0163 e. The lowest BCUT2D eigenvalue weighted by Crippen LogP contribution is -1.74. The Balaban J connectivity index is 2.35. The molecule has 0 spiro atoms. The van der Waals surface area contributed by atoms with Crippen LogP contribution in [0.15, 0.2) is 48.6 Å². The van der Waals surface area contributed by atoms with Gasteiger partial charge in [0.15, 0.2) is 0 Å². The van der Waals surface area contributed by atoms with Crippen molar-refractivity contribution in [3.63, 3.8) is 0 Å². The fourth-order valence-corrected chi connectivity index (χ4v) is 1.44. The molecule has 0 N–H and O–H groups in total. The van der Waals surface area contributed by atoms with Gasteiger partial charge in [-0.2, -0.15) is 0 Å². The van der Waals surface area contributed by atoms with Crippen LogP contribution in [0.4, 0.5) is 0 Å². The quantitative estimate of drug-likeness (QED) is 0.522. The molecule has 0 heteroatoms. The summed E-state index contributed by atoms with van der Waals surface area (Å²) in [7, 11) is 0. The first kappa shape index (κ1) is 11.0. The van der Waals surface area contributed by atoms with Crippen LogP contribution in [-0.4, -0.2) is 0 Å². The van der Waals surface area contributed by atoms with Crippen LogP contribution in [0.1, 0.15) is 38.5 Å². The van der Waals surface area contributed by atoms with Gasteiger partial charge in [0.1, 0.15) is 0 Å². The molecule has 0 nitrogen and oxygen atoms in total. The minimum absolute atomic E-state index is 1.04. The van der Waals surface area contributed by atoms with Gasteiger partial charge in [-0.3, -0.25) is 0 Å². The highest BCUT2D eigenvalue weighted by molar-refractivity contribution is 5.08. The van der Waals surface area contributed by atoms with Crippen LogP contribution in [0.2, 0.25) is 0 Å². The van der Waals surface area contributed by atoms with Crippen molar-refractivity contribution in [2.75, 3.05) is 0 Å². The third-order valence-corrected chi connectivity index (χ3v) is 2.28. The summed E-state index contributed by atoms with van der Waals surface area (Å²) in [5.41, 5.74) is 0. The van der Waals surface area contributed by atoms with Crippen LogP contribution in [0, 0.1) is 0 Å². The van der Waals surface area contributed by atoms with Crippen LogP contribution in [0.25, 0.3) is 0 Å². The molecule has 0 unspecified atom stereocenters. The van der Waals surface area contributed by atoms with E-state index in [0.717, 1.165) is 6.42 Å². The average Bonchev–Trinajstić information content (AvgIpc) is 2.22. The molecule has 0 saturated carbocycles. The van der Waals surface area contributed by atoms with Gasteiger partial charge in [-0.1, -0.05) is 55.0 Å². The maximum absolute atomic E-state index is 2.27. The topological polar surface area (TPSA) is 0 Å². The molecule has 0 aliphatic heterocycles. The standard InChI is InChI=1S/C14H20/c1-2-4-6-8-10-12-14-13-11-9-7-5-3-1/h1-4,7,9,11,13H,5-6,8,10,12,14H2/b3-1-,4-2+,9-7-,13-11+. The molecule has 0 bridgehead atoms. The van der Waals surface area contributed by atoms with Gasteiger partial charge in [-0.05, 0) is 32.1 Å². The highest BCUT2D eigenvalue weighted by Gasteiger charge is 1.85. The van der Waals surface area contributed by atoms with Crippen molar-refractivity contribution in [2.45, 2.75) is 38.5 Å². The Kier molecular flexibility index (Phi) is 6.74. The molecule has 0 heterocycles. The van der Waals surface area contributed by atoms with E-state index in [0.29, 0.717) is 0 Å². The van der Waals surface area contributed by atoms with E-state index in [4.69, 9.17) is 0 Å². The number of rotatable bonds is 0. The highest BCUT2D eigenvalue weighted by Crippen LogP contribution is 2.05. The SMILES string of the molecule is C1=C\C/C=C\C=C\CCCCC/C=C/1. The highest BCUT2D eigenvalue weighted by atomic mass is 13.9. The third-order valence-electron chi connectivity index (χ3n) is 2.28. The Morgan fingerprint density at radius 1 is 0.500 bits per heavy atom. The van der Waals surface area contributed by atoms with E-state index < -0.39 is 0 Å². The molecule has 0 radical (unpaired) electrons. The fourth-order valence-electron chi connectivity index (χ4n) is 1.44. The van der Waals surface area contributed by atoms with Crippen LogP contribution >= 0.6 is 0 Å². The predicted molar refractivity (Wildman–Crippen MR) is 64.3 cm³/mol. The zero-order valence-corrected chi connectivity index (χ0v) is 8.86. The summed E-state index contributed by atoms with van der Waals surface area (Å²) in [6, 6.07) is 0. The maximum Gasteiger partial charge on any atom is -0.0163 e. The van der Waals surface area contributed by atoms with Crippen LogP contribution in [0.5, 0.6) is 0 Å². The van der Waals surface area contributed by atoms with Crippen molar-refractivity contribution in [1.82, 2.24) is 0 Å². The molecule has 0 atom stereocenters. The van der Waals surface area contributed by atoms with Crippen molar-refractivity contribution in [2.24, 2.45) is 0 Å². The van der Waals surface area contributed by atoms with Crippen molar-refractivity contribution < 1.29 is 0 Å². The number of hydrogen-bond donors (Lipinski definition) is 0. The lowest BCUT2D eigenvalue weighted by Gasteiger charge is -1.94. The van der Waals surface area contributed by atoms with Crippen molar-refractivity contribution in [1.29, 1.82) is 0 Å². The van der Waals surface area contributed by atoms with Gasteiger partial charge >= 0.3 is 0 Å². The Morgan fingerprint density at radius 2 is 1.00 bits per heavy atom. The normalized spacial score (nSPS) is 28.6. The van der Waals surface area contributed by atoms with Gasteiger partial charge in [0, 0.05) is 0 Å². The second kappa shape index (κ2) is 8.55.